The van der Waals surface area contributed by atoms with Gasteiger partial charge < -0.3 is 19.8 Å². The molecule has 1 amide bonds. The van der Waals surface area contributed by atoms with Gasteiger partial charge in [-0.25, -0.2) is 4.98 Å². The number of halogens is 1. The first-order valence-electron chi connectivity index (χ1n) is 9.79. The lowest BCUT2D eigenvalue weighted by Crippen LogP contribution is -2.29. The number of aromatic nitrogens is 2. The molecular formula is C22H25BrN4O3. The van der Waals surface area contributed by atoms with Crippen LogP contribution in [0.25, 0.3) is 0 Å². The Labute approximate surface area is 184 Å². The molecule has 0 unspecified atom stereocenters. The van der Waals surface area contributed by atoms with Gasteiger partial charge in [0.05, 0.1) is 19.8 Å². The number of rotatable bonds is 11. The molecule has 0 saturated heterocycles. The van der Waals surface area contributed by atoms with E-state index in [0.29, 0.717) is 39.1 Å². The summed E-state index contributed by atoms with van der Waals surface area (Å²) in [4.78, 5) is 23.6. The number of hydrogen-bond acceptors (Lipinski definition) is 5. The van der Waals surface area contributed by atoms with Crippen LogP contribution in [-0.4, -0.2) is 47.9 Å². The maximum absolute atomic E-state index is 11.9. The Kier molecular flexibility index (Phi) is 8.86. The molecule has 8 heteroatoms. The highest BCUT2D eigenvalue weighted by Gasteiger charge is 2.09. The zero-order valence-electron chi connectivity index (χ0n) is 16.6. The normalized spacial score (nSPS) is 14.6. The Morgan fingerprint density at radius 3 is 2.97 bits per heavy atom. The predicted molar refractivity (Wildman–Crippen MR) is 119 cm³/mol. The molecule has 3 rings (SSSR count). The molecule has 1 aliphatic carbocycles. The van der Waals surface area contributed by atoms with Crippen molar-refractivity contribution in [3.8, 4) is 0 Å². The number of aliphatic imine (C=N–C) groups is 1. The minimum atomic E-state index is -0.156. The number of carbonyl (C=O) groups is 1. The molecule has 1 heterocycles. The van der Waals surface area contributed by atoms with Crippen molar-refractivity contribution in [3.05, 3.63) is 76.5 Å². The number of allylic oxidation sites excluding steroid dienone is 4. The molecule has 0 fully saturated rings. The smallest absolute Gasteiger partial charge is 0.257 e. The Morgan fingerprint density at radius 2 is 2.17 bits per heavy atom. The fourth-order valence-electron chi connectivity index (χ4n) is 2.76. The number of imidazole rings is 1. The molecule has 2 N–H and O–H groups in total. The maximum atomic E-state index is 11.9. The van der Waals surface area contributed by atoms with Crippen molar-refractivity contribution in [2.24, 2.45) is 4.99 Å². The zero-order chi connectivity index (χ0) is 21.0. The molecule has 7 nitrogen and oxygen atoms in total. The number of nitrogens with zero attached hydrogens (tertiary/aromatic N) is 2. The van der Waals surface area contributed by atoms with Gasteiger partial charge in [0.2, 0.25) is 0 Å². The molecule has 0 radical (unpaired) electrons. The van der Waals surface area contributed by atoms with E-state index in [1.54, 1.807) is 12.4 Å². The second-order valence-electron chi connectivity index (χ2n) is 6.65. The van der Waals surface area contributed by atoms with Crippen LogP contribution in [0.3, 0.4) is 0 Å². The van der Waals surface area contributed by atoms with Gasteiger partial charge in [0.15, 0.2) is 6.61 Å². The lowest BCUT2D eigenvalue weighted by Gasteiger charge is -2.13. The number of amides is 1. The molecule has 0 spiro atoms. The summed E-state index contributed by atoms with van der Waals surface area (Å²) in [5.41, 5.74) is 2.04. The predicted octanol–water partition coefficient (Wildman–Crippen LogP) is 3.35. The van der Waals surface area contributed by atoms with Gasteiger partial charge in [0.1, 0.15) is 11.6 Å². The van der Waals surface area contributed by atoms with Crippen LogP contribution in [0.4, 0.5) is 0 Å². The molecule has 1 aromatic heterocycles. The van der Waals surface area contributed by atoms with E-state index in [4.69, 9.17) is 9.47 Å². The Bertz CT molecular complexity index is 890. The number of hydrogen-bond donors (Lipinski definition) is 2. The highest BCUT2D eigenvalue weighted by molar-refractivity contribution is 9.10. The maximum Gasteiger partial charge on any atom is 0.257 e. The standard InChI is InChI=1S/C22H25BrN4O3/c23-18-6-4-17(5-7-18)15-29-13-12-24-19-2-1-3-20(14-19)30-16-22(28)27-9-8-21-25-10-11-26-21/h1-7,10-11H,8-9,12-16H2,(H,25,26)(H,27,28). The molecule has 0 aliphatic heterocycles. The van der Waals surface area contributed by atoms with Crippen LogP contribution in [0.2, 0.25) is 0 Å². The summed E-state index contributed by atoms with van der Waals surface area (Å²) in [6.07, 6.45) is 10.4. The lowest BCUT2D eigenvalue weighted by molar-refractivity contribution is -0.124. The topological polar surface area (TPSA) is 88.6 Å². The number of nitrogens with one attached hydrogen (secondary N) is 2. The van der Waals surface area contributed by atoms with Crippen LogP contribution in [-0.2, 0) is 27.3 Å². The number of ether oxygens (including phenoxy) is 2. The van der Waals surface area contributed by atoms with E-state index in [1.165, 1.54) is 0 Å². The Balaban J connectivity index is 1.29. The van der Waals surface area contributed by atoms with E-state index in [0.717, 1.165) is 27.3 Å². The third-order valence-electron chi connectivity index (χ3n) is 4.29. The van der Waals surface area contributed by atoms with Gasteiger partial charge in [0.25, 0.3) is 5.91 Å². The molecule has 2 aromatic rings. The molecule has 1 aromatic carbocycles. The van der Waals surface area contributed by atoms with Crippen LogP contribution in [0, 0.1) is 0 Å². The lowest BCUT2D eigenvalue weighted by atomic mass is 10.1. The average molecular weight is 473 g/mol. The first-order chi connectivity index (χ1) is 14.7. The summed E-state index contributed by atoms with van der Waals surface area (Å²) >= 11 is 3.42. The van der Waals surface area contributed by atoms with Crippen molar-refractivity contribution in [1.82, 2.24) is 15.3 Å². The third kappa shape index (κ3) is 7.96. The van der Waals surface area contributed by atoms with Crippen molar-refractivity contribution in [3.63, 3.8) is 0 Å². The number of H-pyrrole nitrogens is 1. The van der Waals surface area contributed by atoms with Crippen LogP contribution >= 0.6 is 15.9 Å². The van der Waals surface area contributed by atoms with Crippen LogP contribution < -0.4 is 5.32 Å². The van der Waals surface area contributed by atoms with Gasteiger partial charge in [0, 0.05) is 42.0 Å². The summed E-state index contributed by atoms with van der Waals surface area (Å²) in [5.74, 6) is 1.42. The summed E-state index contributed by atoms with van der Waals surface area (Å²) in [6, 6.07) is 8.06. The quantitative estimate of drug-likeness (QED) is 0.490. The molecule has 30 heavy (non-hydrogen) atoms. The zero-order valence-corrected chi connectivity index (χ0v) is 18.2. The van der Waals surface area contributed by atoms with E-state index in [1.807, 2.05) is 42.5 Å². The van der Waals surface area contributed by atoms with Crippen molar-refractivity contribution >= 4 is 27.5 Å². The van der Waals surface area contributed by atoms with Crippen LogP contribution in [0.5, 0.6) is 0 Å². The molecule has 158 valence electrons. The average Bonchev–Trinajstić information content (AvgIpc) is 3.27. The fourth-order valence-corrected chi connectivity index (χ4v) is 3.02. The van der Waals surface area contributed by atoms with Crippen LogP contribution in [0.15, 0.2) is 70.1 Å². The molecule has 0 bridgehead atoms. The first kappa shape index (κ1) is 22.0. The summed E-state index contributed by atoms with van der Waals surface area (Å²) in [5, 5.41) is 2.82. The minimum absolute atomic E-state index is 0.0125. The highest BCUT2D eigenvalue weighted by Crippen LogP contribution is 2.12. The van der Waals surface area contributed by atoms with Crippen molar-refractivity contribution in [2.75, 3.05) is 26.3 Å². The Morgan fingerprint density at radius 1 is 1.30 bits per heavy atom. The SMILES string of the molecule is O=C(COC1=CC=CC(=NCCOCc2ccc(Br)cc2)C1)NCCc1ncc[nH]1. The van der Waals surface area contributed by atoms with Gasteiger partial charge in [-0.2, -0.15) is 0 Å². The second-order valence-corrected chi connectivity index (χ2v) is 7.56. The van der Waals surface area contributed by atoms with E-state index < -0.39 is 0 Å². The molecular weight excluding hydrogens is 448 g/mol. The Hall–Kier alpha value is -2.71. The van der Waals surface area contributed by atoms with E-state index in [-0.39, 0.29) is 12.5 Å². The second kappa shape index (κ2) is 12.1. The summed E-state index contributed by atoms with van der Waals surface area (Å²) < 4.78 is 12.3. The minimum Gasteiger partial charge on any atom is -0.488 e. The number of aromatic amines is 1. The van der Waals surface area contributed by atoms with Gasteiger partial charge in [-0.05, 0) is 29.8 Å². The van der Waals surface area contributed by atoms with E-state index in [9.17, 15) is 4.79 Å². The number of carbonyl (C=O) groups excluding carboxylic acids is 1. The van der Waals surface area contributed by atoms with E-state index in [2.05, 4.69) is 36.2 Å². The fraction of sp³-hybridized carbons (Fsp3) is 0.318. The summed E-state index contributed by atoms with van der Waals surface area (Å²) in [7, 11) is 0. The monoisotopic (exact) mass is 472 g/mol. The van der Waals surface area contributed by atoms with Gasteiger partial charge in [-0.3, -0.25) is 9.79 Å². The van der Waals surface area contributed by atoms with Crippen LogP contribution in [0.1, 0.15) is 17.8 Å². The van der Waals surface area contributed by atoms with Gasteiger partial charge in [-0.1, -0.05) is 34.1 Å². The summed E-state index contributed by atoms with van der Waals surface area (Å²) in [6.45, 7) is 2.20. The van der Waals surface area contributed by atoms with Crippen molar-refractivity contribution < 1.29 is 14.3 Å². The van der Waals surface area contributed by atoms with E-state index >= 15 is 0 Å². The number of benzene rings is 1. The van der Waals surface area contributed by atoms with Crippen molar-refractivity contribution in [2.45, 2.75) is 19.4 Å². The van der Waals surface area contributed by atoms with Crippen molar-refractivity contribution in [1.29, 1.82) is 0 Å². The third-order valence-corrected chi connectivity index (χ3v) is 4.81. The largest absolute Gasteiger partial charge is 0.488 e. The molecule has 1 aliphatic rings. The first-order valence-corrected chi connectivity index (χ1v) is 10.6. The van der Waals surface area contributed by atoms with Gasteiger partial charge in [-0.15, -0.1) is 0 Å². The molecule has 0 atom stereocenters. The highest BCUT2D eigenvalue weighted by atomic mass is 79.9. The van der Waals surface area contributed by atoms with Gasteiger partial charge >= 0.3 is 0 Å². The molecule has 0 saturated carbocycles.